The summed E-state index contributed by atoms with van der Waals surface area (Å²) < 4.78 is 6.28. The Morgan fingerprint density at radius 2 is 1.64 bits per heavy atom. The second kappa shape index (κ2) is 8.23. The van der Waals surface area contributed by atoms with E-state index >= 15 is 0 Å². The van der Waals surface area contributed by atoms with Crippen molar-refractivity contribution in [3.05, 3.63) is 90.0 Å². The summed E-state index contributed by atoms with van der Waals surface area (Å²) in [5, 5.41) is 0.726. The number of aromatic nitrogens is 1. The lowest BCUT2D eigenvalue weighted by molar-refractivity contribution is -0.118. The number of carbonyl (C=O) groups excluding carboxylic acids is 1. The second-order valence-corrected chi connectivity index (χ2v) is 7.46. The van der Waals surface area contributed by atoms with Gasteiger partial charge in [0.05, 0.1) is 30.3 Å². The number of hydrogen-bond donors (Lipinski definition) is 0. The van der Waals surface area contributed by atoms with Gasteiger partial charge >= 0.3 is 0 Å². The highest BCUT2D eigenvalue weighted by Gasteiger charge is 2.20. The van der Waals surface area contributed by atoms with Crippen LogP contribution in [0.1, 0.15) is 11.1 Å². The molecule has 4 nitrogen and oxygen atoms in total. The van der Waals surface area contributed by atoms with Gasteiger partial charge in [-0.15, -0.1) is 0 Å². The summed E-state index contributed by atoms with van der Waals surface area (Å²) in [6.07, 6.45) is 0.312. The maximum Gasteiger partial charge on any atom is 0.233 e. The molecular formula is C23H20N2O2S. The summed E-state index contributed by atoms with van der Waals surface area (Å²) in [5.41, 5.74) is 2.94. The number of thiazole rings is 1. The topological polar surface area (TPSA) is 42.4 Å². The van der Waals surface area contributed by atoms with Gasteiger partial charge < -0.3 is 4.74 Å². The molecule has 1 aromatic heterocycles. The summed E-state index contributed by atoms with van der Waals surface area (Å²) in [6.45, 7) is 0.496. The number of methoxy groups -OCH3 is 1. The van der Waals surface area contributed by atoms with E-state index in [1.807, 2.05) is 78.9 Å². The summed E-state index contributed by atoms with van der Waals surface area (Å²) in [4.78, 5) is 19.7. The molecule has 0 atom stereocenters. The molecule has 4 rings (SSSR count). The standard InChI is InChI=1S/C23H20N2O2S/c1-27-19-13-11-17(12-14-19)15-22(26)25(16-18-7-3-2-4-8-18)23-24-20-9-5-6-10-21(20)28-23/h2-14H,15-16H2,1H3. The molecule has 3 aromatic carbocycles. The first-order valence-electron chi connectivity index (χ1n) is 9.06. The largest absolute Gasteiger partial charge is 0.497 e. The summed E-state index contributed by atoms with van der Waals surface area (Å²) in [7, 11) is 1.63. The second-order valence-electron chi connectivity index (χ2n) is 6.45. The number of anilines is 1. The van der Waals surface area contributed by atoms with E-state index in [1.54, 1.807) is 23.3 Å². The minimum absolute atomic E-state index is 0.0214. The van der Waals surface area contributed by atoms with Crippen LogP contribution in [0.2, 0.25) is 0 Å². The van der Waals surface area contributed by atoms with Gasteiger partial charge in [-0.2, -0.15) is 0 Å². The number of rotatable bonds is 6. The third-order valence-corrected chi connectivity index (χ3v) is 5.57. The Morgan fingerprint density at radius 1 is 0.929 bits per heavy atom. The van der Waals surface area contributed by atoms with E-state index in [1.165, 1.54) is 0 Å². The fraction of sp³-hybridized carbons (Fsp3) is 0.130. The molecule has 0 N–H and O–H groups in total. The van der Waals surface area contributed by atoms with E-state index in [2.05, 4.69) is 0 Å². The highest BCUT2D eigenvalue weighted by atomic mass is 32.1. The summed E-state index contributed by atoms with van der Waals surface area (Å²) >= 11 is 1.54. The first-order chi connectivity index (χ1) is 13.7. The SMILES string of the molecule is COc1ccc(CC(=O)N(Cc2ccccc2)c2nc3ccccc3s2)cc1. The molecule has 0 spiro atoms. The van der Waals surface area contributed by atoms with Crippen LogP contribution in [-0.2, 0) is 17.8 Å². The van der Waals surface area contributed by atoms with E-state index in [4.69, 9.17) is 9.72 Å². The van der Waals surface area contributed by atoms with Gasteiger partial charge in [0.25, 0.3) is 0 Å². The van der Waals surface area contributed by atoms with Gasteiger partial charge in [-0.1, -0.05) is 65.9 Å². The molecule has 1 heterocycles. The Balaban J connectivity index is 1.64. The fourth-order valence-electron chi connectivity index (χ4n) is 3.02. The average molecular weight is 388 g/mol. The Labute approximate surface area is 168 Å². The van der Waals surface area contributed by atoms with Crippen molar-refractivity contribution in [3.63, 3.8) is 0 Å². The first-order valence-corrected chi connectivity index (χ1v) is 9.87. The van der Waals surface area contributed by atoms with Crippen molar-refractivity contribution >= 4 is 32.6 Å². The zero-order valence-electron chi connectivity index (χ0n) is 15.5. The van der Waals surface area contributed by atoms with Crippen LogP contribution >= 0.6 is 11.3 Å². The molecule has 0 saturated heterocycles. The molecule has 0 aliphatic rings. The zero-order valence-corrected chi connectivity index (χ0v) is 16.4. The number of ether oxygens (including phenoxy) is 1. The molecular weight excluding hydrogens is 368 g/mol. The van der Waals surface area contributed by atoms with Gasteiger partial charge in [-0.25, -0.2) is 4.98 Å². The normalized spacial score (nSPS) is 10.8. The minimum Gasteiger partial charge on any atom is -0.497 e. The van der Waals surface area contributed by atoms with Crippen molar-refractivity contribution in [2.45, 2.75) is 13.0 Å². The molecule has 0 fully saturated rings. The van der Waals surface area contributed by atoms with Gasteiger partial charge in [0.2, 0.25) is 5.91 Å². The molecule has 0 unspecified atom stereocenters. The Morgan fingerprint density at radius 3 is 2.36 bits per heavy atom. The molecule has 5 heteroatoms. The van der Waals surface area contributed by atoms with Crippen molar-refractivity contribution in [2.24, 2.45) is 0 Å². The van der Waals surface area contributed by atoms with Gasteiger partial charge in [-0.3, -0.25) is 9.69 Å². The highest BCUT2D eigenvalue weighted by molar-refractivity contribution is 7.22. The summed E-state index contributed by atoms with van der Waals surface area (Å²) in [5.74, 6) is 0.802. The van der Waals surface area contributed by atoms with E-state index in [0.717, 1.165) is 32.2 Å². The highest BCUT2D eigenvalue weighted by Crippen LogP contribution is 2.30. The molecule has 0 aliphatic carbocycles. The monoisotopic (exact) mass is 388 g/mol. The fourth-order valence-corrected chi connectivity index (χ4v) is 4.00. The minimum atomic E-state index is 0.0214. The van der Waals surface area contributed by atoms with E-state index in [-0.39, 0.29) is 5.91 Å². The molecule has 0 radical (unpaired) electrons. The third-order valence-electron chi connectivity index (χ3n) is 4.51. The Bertz CT molecular complexity index is 1040. The molecule has 0 bridgehead atoms. The van der Waals surface area contributed by atoms with Crippen LogP contribution < -0.4 is 9.64 Å². The number of para-hydroxylation sites is 1. The smallest absolute Gasteiger partial charge is 0.233 e. The van der Waals surface area contributed by atoms with Crippen molar-refractivity contribution in [2.75, 3.05) is 12.0 Å². The van der Waals surface area contributed by atoms with Crippen LogP contribution in [0.3, 0.4) is 0 Å². The van der Waals surface area contributed by atoms with Crippen LogP contribution in [0.4, 0.5) is 5.13 Å². The number of carbonyl (C=O) groups is 1. The van der Waals surface area contributed by atoms with Crippen molar-refractivity contribution in [3.8, 4) is 5.75 Å². The molecule has 0 aliphatic heterocycles. The van der Waals surface area contributed by atoms with Crippen molar-refractivity contribution in [1.82, 2.24) is 4.98 Å². The van der Waals surface area contributed by atoms with Crippen LogP contribution in [-0.4, -0.2) is 18.0 Å². The number of hydrogen-bond acceptors (Lipinski definition) is 4. The first kappa shape index (κ1) is 18.2. The van der Waals surface area contributed by atoms with Gasteiger partial charge in [0.1, 0.15) is 5.75 Å². The van der Waals surface area contributed by atoms with Crippen LogP contribution in [0, 0.1) is 0 Å². The van der Waals surface area contributed by atoms with Gasteiger partial charge in [0, 0.05) is 0 Å². The number of benzene rings is 3. The third kappa shape index (κ3) is 4.05. The number of fused-ring (bicyclic) bond motifs is 1. The molecule has 0 saturated carbocycles. The molecule has 1 amide bonds. The molecule has 28 heavy (non-hydrogen) atoms. The van der Waals surface area contributed by atoms with Crippen LogP contribution in [0.15, 0.2) is 78.9 Å². The van der Waals surface area contributed by atoms with E-state index in [0.29, 0.717) is 13.0 Å². The van der Waals surface area contributed by atoms with Crippen molar-refractivity contribution in [1.29, 1.82) is 0 Å². The van der Waals surface area contributed by atoms with Crippen molar-refractivity contribution < 1.29 is 9.53 Å². The number of amides is 1. The predicted molar refractivity (Wildman–Crippen MR) is 114 cm³/mol. The lowest BCUT2D eigenvalue weighted by Crippen LogP contribution is -2.31. The summed E-state index contributed by atoms with van der Waals surface area (Å²) in [6, 6.07) is 25.6. The lowest BCUT2D eigenvalue weighted by atomic mass is 10.1. The quantitative estimate of drug-likeness (QED) is 0.462. The zero-order chi connectivity index (χ0) is 19.3. The molecule has 140 valence electrons. The predicted octanol–water partition coefficient (Wildman–Crippen LogP) is 5.08. The Hall–Kier alpha value is -3.18. The van der Waals surface area contributed by atoms with Crippen LogP contribution in [0.5, 0.6) is 5.75 Å². The average Bonchev–Trinajstić information content (AvgIpc) is 3.17. The Kier molecular flexibility index (Phi) is 5.35. The van der Waals surface area contributed by atoms with E-state index < -0.39 is 0 Å². The van der Waals surface area contributed by atoms with Crippen LogP contribution in [0.25, 0.3) is 10.2 Å². The number of nitrogens with zero attached hydrogens (tertiary/aromatic N) is 2. The lowest BCUT2D eigenvalue weighted by Gasteiger charge is -2.20. The van der Waals surface area contributed by atoms with Gasteiger partial charge in [-0.05, 0) is 35.4 Å². The van der Waals surface area contributed by atoms with Gasteiger partial charge in [0.15, 0.2) is 5.13 Å². The van der Waals surface area contributed by atoms with E-state index in [9.17, 15) is 4.79 Å². The molecule has 4 aromatic rings. The maximum atomic E-state index is 13.2. The maximum absolute atomic E-state index is 13.2.